The summed E-state index contributed by atoms with van der Waals surface area (Å²) >= 11 is 1.16. The maximum Gasteiger partial charge on any atom is 0.350 e. The number of benzene rings is 1. The van der Waals surface area contributed by atoms with Gasteiger partial charge < -0.3 is 14.8 Å². The molecule has 0 saturated heterocycles. The number of thiophene rings is 1. The van der Waals surface area contributed by atoms with Crippen molar-refractivity contribution in [3.05, 3.63) is 45.9 Å². The van der Waals surface area contributed by atoms with Crippen LogP contribution in [0.2, 0.25) is 0 Å². The van der Waals surface area contributed by atoms with Gasteiger partial charge in [0.2, 0.25) is 0 Å². The first-order valence-electron chi connectivity index (χ1n) is 5.87. The molecule has 7 heteroatoms. The van der Waals surface area contributed by atoms with Crippen LogP contribution in [0.1, 0.15) is 20.0 Å². The van der Waals surface area contributed by atoms with Gasteiger partial charge in [-0.3, -0.25) is 4.79 Å². The molecule has 1 aromatic heterocycles. The van der Waals surface area contributed by atoms with Crippen LogP contribution in [0.15, 0.2) is 29.6 Å². The Kier molecular flexibility index (Phi) is 4.54. The molecule has 0 unspecified atom stereocenters. The molecule has 1 heterocycles. The Labute approximate surface area is 124 Å². The molecule has 1 aromatic carbocycles. The number of anilines is 1. The minimum Gasteiger partial charge on any atom is -0.494 e. The maximum absolute atomic E-state index is 13.3. The Morgan fingerprint density at radius 2 is 2.00 bits per heavy atom. The molecule has 0 aliphatic carbocycles. The summed E-state index contributed by atoms with van der Waals surface area (Å²) in [4.78, 5) is 23.9. The molecule has 1 amide bonds. The fourth-order valence-corrected chi connectivity index (χ4v) is 2.42. The lowest BCUT2D eigenvalue weighted by atomic mass is 10.2. The van der Waals surface area contributed by atoms with E-state index in [-0.39, 0.29) is 11.3 Å². The molecule has 110 valence electrons. The number of halogens is 1. The normalized spacial score (nSPS) is 10.0. The Balaban J connectivity index is 2.22. The van der Waals surface area contributed by atoms with Crippen molar-refractivity contribution in [3.8, 4) is 5.75 Å². The van der Waals surface area contributed by atoms with E-state index in [0.29, 0.717) is 10.6 Å². The van der Waals surface area contributed by atoms with E-state index in [1.807, 2.05) is 0 Å². The predicted octanol–water partition coefficient (Wildman–Crippen LogP) is 2.93. The van der Waals surface area contributed by atoms with Gasteiger partial charge >= 0.3 is 5.97 Å². The van der Waals surface area contributed by atoms with E-state index in [0.717, 1.165) is 17.4 Å². The van der Waals surface area contributed by atoms with Crippen LogP contribution in [0.3, 0.4) is 0 Å². The molecule has 0 saturated carbocycles. The van der Waals surface area contributed by atoms with Gasteiger partial charge in [0.05, 0.1) is 19.9 Å². The fraction of sp³-hybridized carbons (Fsp3) is 0.143. The molecular formula is C14H12FNO4S. The van der Waals surface area contributed by atoms with E-state index in [1.54, 1.807) is 11.4 Å². The molecule has 0 radical (unpaired) electrons. The second kappa shape index (κ2) is 6.36. The van der Waals surface area contributed by atoms with Crippen molar-refractivity contribution in [3.63, 3.8) is 0 Å². The van der Waals surface area contributed by atoms with Gasteiger partial charge in [0, 0.05) is 5.56 Å². The Hall–Kier alpha value is -2.41. The Morgan fingerprint density at radius 3 is 2.67 bits per heavy atom. The highest BCUT2D eigenvalue weighted by Gasteiger charge is 2.17. The lowest BCUT2D eigenvalue weighted by Gasteiger charge is -2.07. The highest BCUT2D eigenvalue weighted by atomic mass is 32.1. The van der Waals surface area contributed by atoms with Crippen molar-refractivity contribution in [2.75, 3.05) is 19.5 Å². The summed E-state index contributed by atoms with van der Waals surface area (Å²) in [6.07, 6.45) is 0. The quantitative estimate of drug-likeness (QED) is 0.882. The third-order valence-electron chi connectivity index (χ3n) is 2.70. The molecule has 1 N–H and O–H groups in total. The zero-order chi connectivity index (χ0) is 15.4. The topological polar surface area (TPSA) is 64.6 Å². The average Bonchev–Trinajstić information content (AvgIpc) is 2.94. The van der Waals surface area contributed by atoms with Crippen molar-refractivity contribution in [2.24, 2.45) is 0 Å². The van der Waals surface area contributed by atoms with Gasteiger partial charge in [-0.2, -0.15) is 0 Å². The molecule has 2 rings (SSSR count). The lowest BCUT2D eigenvalue weighted by molar-refractivity contribution is 0.0607. The van der Waals surface area contributed by atoms with E-state index in [4.69, 9.17) is 4.74 Å². The van der Waals surface area contributed by atoms with E-state index in [1.165, 1.54) is 26.4 Å². The molecule has 0 fully saturated rings. The summed E-state index contributed by atoms with van der Waals surface area (Å²) in [5.41, 5.74) is 0.565. The van der Waals surface area contributed by atoms with Crippen LogP contribution >= 0.6 is 11.3 Å². The van der Waals surface area contributed by atoms with Crippen LogP contribution in [0.25, 0.3) is 0 Å². The summed E-state index contributed by atoms with van der Waals surface area (Å²) in [5, 5.41) is 4.25. The minimum absolute atomic E-state index is 0.0267. The molecule has 5 nitrogen and oxygen atoms in total. The molecule has 0 aliphatic heterocycles. The predicted molar refractivity (Wildman–Crippen MR) is 76.6 cm³/mol. The van der Waals surface area contributed by atoms with Gasteiger partial charge in [0.15, 0.2) is 11.6 Å². The highest BCUT2D eigenvalue weighted by Crippen LogP contribution is 2.24. The van der Waals surface area contributed by atoms with Gasteiger partial charge in [-0.05, 0) is 29.6 Å². The zero-order valence-corrected chi connectivity index (χ0v) is 12.1. The van der Waals surface area contributed by atoms with Crippen LogP contribution in [0.5, 0.6) is 5.75 Å². The van der Waals surface area contributed by atoms with E-state index in [2.05, 4.69) is 10.1 Å². The molecular weight excluding hydrogens is 297 g/mol. The number of amides is 1. The van der Waals surface area contributed by atoms with Crippen LogP contribution in [0, 0.1) is 5.82 Å². The van der Waals surface area contributed by atoms with Crippen molar-refractivity contribution >= 4 is 28.9 Å². The fourth-order valence-electron chi connectivity index (χ4n) is 1.65. The van der Waals surface area contributed by atoms with Gasteiger partial charge in [-0.25, -0.2) is 9.18 Å². The molecule has 2 aromatic rings. The standard InChI is InChI=1S/C14H12FNO4S/c1-19-11-7-8(3-4-9(11)15)13(17)16-10-5-6-21-12(10)14(18)20-2/h3-7H,1-2H3,(H,16,17). The molecule has 0 atom stereocenters. The number of carbonyl (C=O) groups is 2. The summed E-state index contributed by atoms with van der Waals surface area (Å²) in [5.74, 6) is -1.59. The number of esters is 1. The second-order valence-electron chi connectivity index (χ2n) is 3.96. The van der Waals surface area contributed by atoms with E-state index in [9.17, 15) is 14.0 Å². The molecule has 21 heavy (non-hydrogen) atoms. The van der Waals surface area contributed by atoms with Crippen molar-refractivity contribution in [1.29, 1.82) is 0 Å². The van der Waals surface area contributed by atoms with Crippen LogP contribution in [0.4, 0.5) is 10.1 Å². The largest absolute Gasteiger partial charge is 0.494 e. The van der Waals surface area contributed by atoms with Crippen molar-refractivity contribution in [1.82, 2.24) is 0 Å². The van der Waals surface area contributed by atoms with Crippen molar-refractivity contribution < 1.29 is 23.5 Å². The summed E-state index contributed by atoms with van der Waals surface area (Å²) in [6, 6.07) is 5.35. The number of hydrogen-bond donors (Lipinski definition) is 1. The van der Waals surface area contributed by atoms with Crippen LogP contribution in [-0.2, 0) is 4.74 Å². The summed E-state index contributed by atoms with van der Waals surface area (Å²) in [6.45, 7) is 0. The number of nitrogens with one attached hydrogen (secondary N) is 1. The van der Waals surface area contributed by atoms with Gasteiger partial charge in [0.1, 0.15) is 4.88 Å². The monoisotopic (exact) mass is 309 g/mol. The third-order valence-corrected chi connectivity index (χ3v) is 3.59. The second-order valence-corrected chi connectivity index (χ2v) is 4.87. The SMILES string of the molecule is COC(=O)c1sccc1NC(=O)c1ccc(F)c(OC)c1. The third kappa shape index (κ3) is 3.19. The summed E-state index contributed by atoms with van der Waals surface area (Å²) < 4.78 is 22.8. The van der Waals surface area contributed by atoms with E-state index < -0.39 is 17.7 Å². The maximum atomic E-state index is 13.3. The highest BCUT2D eigenvalue weighted by molar-refractivity contribution is 7.12. The van der Waals surface area contributed by atoms with E-state index >= 15 is 0 Å². The first kappa shape index (κ1) is 15.0. The summed E-state index contributed by atoms with van der Waals surface area (Å²) in [7, 11) is 2.58. The molecule has 0 bridgehead atoms. The number of carbonyl (C=O) groups excluding carboxylic acids is 2. The van der Waals surface area contributed by atoms with Gasteiger partial charge in [-0.15, -0.1) is 11.3 Å². The van der Waals surface area contributed by atoms with Crippen LogP contribution in [-0.4, -0.2) is 26.1 Å². The first-order chi connectivity index (χ1) is 10.1. The molecule has 0 spiro atoms. The Bertz CT molecular complexity index is 683. The van der Waals surface area contributed by atoms with Gasteiger partial charge in [-0.1, -0.05) is 0 Å². The average molecular weight is 309 g/mol. The minimum atomic E-state index is -0.556. The Morgan fingerprint density at radius 1 is 1.24 bits per heavy atom. The zero-order valence-electron chi connectivity index (χ0n) is 11.3. The first-order valence-corrected chi connectivity index (χ1v) is 6.75. The number of hydrogen-bond acceptors (Lipinski definition) is 5. The lowest BCUT2D eigenvalue weighted by Crippen LogP contribution is -2.14. The number of methoxy groups -OCH3 is 2. The van der Waals surface area contributed by atoms with Crippen LogP contribution < -0.4 is 10.1 Å². The number of rotatable bonds is 4. The van der Waals surface area contributed by atoms with Crippen molar-refractivity contribution in [2.45, 2.75) is 0 Å². The molecule has 0 aliphatic rings. The smallest absolute Gasteiger partial charge is 0.350 e. The number of ether oxygens (including phenoxy) is 2. The van der Waals surface area contributed by atoms with Gasteiger partial charge in [0.25, 0.3) is 5.91 Å².